The van der Waals surface area contributed by atoms with Crippen molar-refractivity contribution in [1.29, 1.82) is 0 Å². The van der Waals surface area contributed by atoms with Crippen LogP contribution in [0.4, 0.5) is 14.5 Å². The highest BCUT2D eigenvalue weighted by Gasteiger charge is 2.59. The number of halogens is 2. The minimum absolute atomic E-state index is 0.129. The lowest BCUT2D eigenvalue weighted by Gasteiger charge is -2.33. The van der Waals surface area contributed by atoms with Crippen LogP contribution in [-0.2, 0) is 25.7 Å². The van der Waals surface area contributed by atoms with Crippen molar-refractivity contribution in [2.24, 2.45) is 0 Å². The van der Waals surface area contributed by atoms with Gasteiger partial charge in [0, 0.05) is 25.0 Å². The average molecular weight is 404 g/mol. The lowest BCUT2D eigenvalue weighted by molar-refractivity contribution is -0.143. The second-order valence-corrected chi connectivity index (χ2v) is 7.94. The van der Waals surface area contributed by atoms with E-state index in [0.717, 1.165) is 0 Å². The summed E-state index contributed by atoms with van der Waals surface area (Å²) in [7, 11) is 1.41. The Bertz CT molecular complexity index is 955. The van der Waals surface area contributed by atoms with Crippen LogP contribution in [0.5, 0.6) is 0 Å². The van der Waals surface area contributed by atoms with Gasteiger partial charge in [0.1, 0.15) is 18.2 Å². The average Bonchev–Trinajstić information content (AvgIpc) is 3.20. The lowest BCUT2D eigenvalue weighted by Crippen LogP contribution is -2.51. The zero-order valence-electron chi connectivity index (χ0n) is 15.2. The Morgan fingerprint density at radius 2 is 2.00 bits per heavy atom. The number of methoxy groups -OCH3 is 1. The number of hydrogen-bond donors (Lipinski definition) is 0. The molecule has 0 bridgehead atoms. The van der Waals surface area contributed by atoms with Crippen LogP contribution >= 0.6 is 11.8 Å². The van der Waals surface area contributed by atoms with Gasteiger partial charge < -0.3 is 14.5 Å². The number of carbonyl (C=O) groups excluding carboxylic acids is 2. The van der Waals surface area contributed by atoms with Gasteiger partial charge in [0.25, 0.3) is 5.91 Å². The van der Waals surface area contributed by atoms with E-state index in [0.29, 0.717) is 29.1 Å². The van der Waals surface area contributed by atoms with E-state index >= 15 is 0 Å². The van der Waals surface area contributed by atoms with Gasteiger partial charge >= 0.3 is 0 Å². The van der Waals surface area contributed by atoms with Crippen molar-refractivity contribution >= 4 is 29.3 Å². The molecule has 0 N–H and O–H groups in total. The zero-order chi connectivity index (χ0) is 19.9. The third-order valence-corrected chi connectivity index (χ3v) is 6.37. The molecule has 2 aromatic rings. The van der Waals surface area contributed by atoms with E-state index in [2.05, 4.69) is 0 Å². The lowest BCUT2D eigenvalue weighted by atomic mass is 10.1. The third-order valence-electron chi connectivity index (χ3n) is 4.95. The molecular formula is C20H18F2N2O3S. The highest BCUT2D eigenvalue weighted by molar-refractivity contribution is 8.01. The van der Waals surface area contributed by atoms with E-state index in [9.17, 15) is 18.4 Å². The first-order valence-electron chi connectivity index (χ1n) is 8.77. The van der Waals surface area contributed by atoms with Crippen LogP contribution in [0, 0.1) is 11.6 Å². The molecule has 28 heavy (non-hydrogen) atoms. The van der Waals surface area contributed by atoms with Gasteiger partial charge in [-0.1, -0.05) is 12.1 Å². The monoisotopic (exact) mass is 404 g/mol. The number of hydrogen-bond acceptors (Lipinski definition) is 4. The van der Waals surface area contributed by atoms with E-state index < -0.39 is 16.5 Å². The van der Waals surface area contributed by atoms with Crippen molar-refractivity contribution in [3.8, 4) is 0 Å². The van der Waals surface area contributed by atoms with Gasteiger partial charge in [-0.15, -0.1) is 11.8 Å². The summed E-state index contributed by atoms with van der Waals surface area (Å²) in [5, 5.41) is 0. The first-order chi connectivity index (χ1) is 13.5. The number of anilines is 1. The maximum atomic E-state index is 14.1. The number of amides is 2. The molecule has 0 aromatic heterocycles. The Labute approximate surface area is 165 Å². The van der Waals surface area contributed by atoms with Crippen LogP contribution in [0.25, 0.3) is 0 Å². The molecule has 2 amide bonds. The fourth-order valence-corrected chi connectivity index (χ4v) is 5.29. The molecule has 2 aromatic carbocycles. The molecule has 2 aliphatic heterocycles. The number of benzene rings is 2. The van der Waals surface area contributed by atoms with Gasteiger partial charge in [0.15, 0.2) is 4.87 Å². The maximum Gasteiger partial charge on any atom is 0.268 e. The molecule has 0 aliphatic carbocycles. The van der Waals surface area contributed by atoms with Crippen molar-refractivity contribution in [3.63, 3.8) is 0 Å². The van der Waals surface area contributed by atoms with Crippen LogP contribution in [0.3, 0.4) is 0 Å². The fraction of sp³-hybridized carbons (Fsp3) is 0.300. The predicted molar refractivity (Wildman–Crippen MR) is 102 cm³/mol. The molecule has 5 nitrogen and oxygen atoms in total. The largest absolute Gasteiger partial charge is 0.375 e. The van der Waals surface area contributed by atoms with Gasteiger partial charge in [-0.2, -0.15) is 0 Å². The van der Waals surface area contributed by atoms with E-state index in [1.165, 1.54) is 59.0 Å². The van der Waals surface area contributed by atoms with Crippen molar-refractivity contribution in [1.82, 2.24) is 4.90 Å². The van der Waals surface area contributed by atoms with Crippen LogP contribution in [-0.4, -0.2) is 42.7 Å². The smallest absolute Gasteiger partial charge is 0.268 e. The molecule has 146 valence electrons. The van der Waals surface area contributed by atoms with E-state index in [1.54, 1.807) is 12.1 Å². The van der Waals surface area contributed by atoms with Crippen molar-refractivity contribution in [2.45, 2.75) is 11.4 Å². The minimum Gasteiger partial charge on any atom is -0.375 e. The molecule has 2 heterocycles. The molecule has 1 spiro atoms. The molecule has 4 rings (SSSR count). The molecule has 1 unspecified atom stereocenters. The number of rotatable bonds is 4. The second-order valence-electron chi connectivity index (χ2n) is 6.65. The van der Waals surface area contributed by atoms with E-state index in [-0.39, 0.29) is 25.0 Å². The highest BCUT2D eigenvalue weighted by atomic mass is 32.2. The molecule has 1 atom stereocenters. The molecular weight excluding hydrogens is 386 g/mol. The number of carbonyl (C=O) groups is 2. The summed E-state index contributed by atoms with van der Waals surface area (Å²) >= 11 is 1.31. The SMILES string of the molecule is COCC(=O)N1CCSC12C(=O)N(Cc1cccc(F)c1)c1ccc(F)cc12. The first-order valence-corrected chi connectivity index (χ1v) is 9.75. The Kier molecular flexibility index (Phi) is 4.84. The normalized spacial score (nSPS) is 20.9. The Morgan fingerprint density at radius 3 is 2.75 bits per heavy atom. The summed E-state index contributed by atoms with van der Waals surface area (Å²) in [5.74, 6) is -0.992. The Morgan fingerprint density at radius 1 is 1.21 bits per heavy atom. The Hall–Kier alpha value is -2.45. The number of nitrogens with zero attached hydrogens (tertiary/aromatic N) is 2. The van der Waals surface area contributed by atoms with E-state index in [1.807, 2.05) is 0 Å². The van der Waals surface area contributed by atoms with Gasteiger partial charge in [0.05, 0.1) is 12.2 Å². The van der Waals surface area contributed by atoms with Crippen molar-refractivity contribution < 1.29 is 23.1 Å². The number of thioether (sulfide) groups is 1. The van der Waals surface area contributed by atoms with Gasteiger partial charge in [-0.05, 0) is 35.9 Å². The summed E-state index contributed by atoms with van der Waals surface area (Å²) in [6.07, 6.45) is 0. The summed E-state index contributed by atoms with van der Waals surface area (Å²) in [5.41, 5.74) is 1.58. The van der Waals surface area contributed by atoms with Crippen molar-refractivity contribution in [2.75, 3.05) is 30.9 Å². The maximum absolute atomic E-state index is 14.1. The molecule has 1 saturated heterocycles. The summed E-state index contributed by atoms with van der Waals surface area (Å²) in [6, 6.07) is 10.1. The quantitative estimate of drug-likeness (QED) is 0.786. The van der Waals surface area contributed by atoms with Gasteiger partial charge in [-0.25, -0.2) is 8.78 Å². The van der Waals surface area contributed by atoms with Crippen LogP contribution in [0.15, 0.2) is 42.5 Å². The molecule has 1 fully saturated rings. The molecule has 8 heteroatoms. The third kappa shape index (κ3) is 2.87. The number of ether oxygens (including phenoxy) is 1. The highest BCUT2D eigenvalue weighted by Crippen LogP contribution is 2.54. The van der Waals surface area contributed by atoms with Crippen LogP contribution < -0.4 is 4.90 Å². The van der Waals surface area contributed by atoms with Gasteiger partial charge in [0.2, 0.25) is 5.91 Å². The molecule has 0 radical (unpaired) electrons. The van der Waals surface area contributed by atoms with E-state index in [4.69, 9.17) is 4.74 Å². The van der Waals surface area contributed by atoms with Crippen LogP contribution in [0.2, 0.25) is 0 Å². The summed E-state index contributed by atoms with van der Waals surface area (Å²) in [6.45, 7) is 0.330. The van der Waals surface area contributed by atoms with Crippen molar-refractivity contribution in [3.05, 3.63) is 65.2 Å². The first kappa shape index (κ1) is 18.9. The topological polar surface area (TPSA) is 49.9 Å². The van der Waals surface area contributed by atoms with Crippen LogP contribution in [0.1, 0.15) is 11.1 Å². The minimum atomic E-state index is -1.32. The standard InChI is InChI=1S/C20H18F2N2O3S/c1-27-12-18(25)24-7-8-28-20(24)16-10-15(22)5-6-17(16)23(19(20)26)11-13-3-2-4-14(21)9-13/h2-6,9-10H,7-8,11-12H2,1H3. The molecule has 2 aliphatic rings. The predicted octanol–water partition coefficient (Wildman–Crippen LogP) is 2.89. The second kappa shape index (κ2) is 7.18. The molecule has 0 saturated carbocycles. The summed E-state index contributed by atoms with van der Waals surface area (Å²) in [4.78, 5) is 27.8. The Balaban J connectivity index is 1.80. The fourth-order valence-electron chi connectivity index (χ4n) is 3.82. The van der Waals surface area contributed by atoms with Gasteiger partial charge in [-0.3, -0.25) is 9.59 Å². The zero-order valence-corrected chi connectivity index (χ0v) is 16.0. The summed E-state index contributed by atoms with van der Waals surface area (Å²) < 4.78 is 32.7. The number of fused-ring (bicyclic) bond motifs is 2.